The van der Waals surface area contributed by atoms with E-state index in [0.717, 1.165) is 28.7 Å². The highest BCUT2D eigenvalue weighted by atomic mass is 32.2. The van der Waals surface area contributed by atoms with E-state index in [2.05, 4.69) is 26.6 Å². The van der Waals surface area contributed by atoms with E-state index in [1.165, 1.54) is 10.4 Å². The summed E-state index contributed by atoms with van der Waals surface area (Å²) in [5, 5.41) is 19.1. The first-order valence-electron chi connectivity index (χ1n) is 6.58. The highest BCUT2D eigenvalue weighted by molar-refractivity contribution is 7.98. The predicted molar refractivity (Wildman–Crippen MR) is 85.4 cm³/mol. The lowest BCUT2D eigenvalue weighted by molar-refractivity contribution is 0.282. The highest BCUT2D eigenvalue weighted by Crippen LogP contribution is 2.20. The number of nitrogens with zero attached hydrogens (tertiary/aromatic N) is 2. The van der Waals surface area contributed by atoms with Crippen LogP contribution in [0.4, 0.5) is 0 Å². The lowest BCUT2D eigenvalue weighted by Crippen LogP contribution is -1.87. The van der Waals surface area contributed by atoms with Crippen molar-refractivity contribution in [2.24, 2.45) is 0 Å². The molecular weight excluding hydrogens is 302 g/mol. The van der Waals surface area contributed by atoms with E-state index < -0.39 is 0 Å². The molecule has 2 aromatic heterocycles. The lowest BCUT2D eigenvalue weighted by Gasteiger charge is -2.00. The minimum atomic E-state index is 0.0838. The molecule has 4 nitrogen and oxygen atoms in total. The van der Waals surface area contributed by atoms with Gasteiger partial charge >= 0.3 is 0 Å². The first-order valence-corrected chi connectivity index (χ1v) is 8.45. The van der Waals surface area contributed by atoms with Gasteiger partial charge in [0.2, 0.25) is 5.16 Å². The summed E-state index contributed by atoms with van der Waals surface area (Å²) in [6.07, 6.45) is 0.802. The van der Waals surface area contributed by atoms with Crippen LogP contribution in [0.5, 0.6) is 0 Å². The Bertz CT molecular complexity index is 677. The number of H-pyrrole nitrogens is 1. The summed E-state index contributed by atoms with van der Waals surface area (Å²) in [7, 11) is 0. The fourth-order valence-corrected chi connectivity index (χ4v) is 3.37. The molecule has 3 rings (SSSR count). The molecule has 1 aromatic carbocycles. The lowest BCUT2D eigenvalue weighted by atomic mass is 10.2. The molecule has 0 aliphatic rings. The molecule has 0 saturated carbocycles. The number of aliphatic hydroxyl groups excluding tert-OH is 1. The van der Waals surface area contributed by atoms with Gasteiger partial charge < -0.3 is 5.11 Å². The van der Waals surface area contributed by atoms with Crippen molar-refractivity contribution < 1.29 is 5.11 Å². The van der Waals surface area contributed by atoms with Crippen LogP contribution in [0.25, 0.3) is 0 Å². The third-order valence-corrected chi connectivity index (χ3v) is 4.80. The first kappa shape index (κ1) is 14.3. The van der Waals surface area contributed by atoms with Gasteiger partial charge in [0.25, 0.3) is 0 Å². The summed E-state index contributed by atoms with van der Waals surface area (Å²) in [6.45, 7) is 0.0838. The van der Waals surface area contributed by atoms with Crippen LogP contribution in [0.15, 0.2) is 46.9 Å². The first-order chi connectivity index (χ1) is 10.3. The van der Waals surface area contributed by atoms with Crippen LogP contribution >= 0.6 is 23.1 Å². The van der Waals surface area contributed by atoms with Gasteiger partial charge in [-0.15, -0.1) is 16.4 Å². The molecule has 0 saturated heterocycles. The largest absolute Gasteiger partial charge is 0.392 e. The predicted octanol–water partition coefficient (Wildman–Crippen LogP) is 3.24. The molecule has 0 amide bonds. The summed E-state index contributed by atoms with van der Waals surface area (Å²) in [5.41, 5.74) is 2.13. The number of aliphatic hydroxyl groups is 1. The number of aromatic nitrogens is 3. The Hall–Kier alpha value is -1.63. The average Bonchev–Trinajstić information content (AvgIpc) is 3.18. The van der Waals surface area contributed by atoms with Gasteiger partial charge in [-0.25, -0.2) is 4.98 Å². The van der Waals surface area contributed by atoms with E-state index in [0.29, 0.717) is 0 Å². The molecule has 2 heterocycles. The number of nitrogens with one attached hydrogen (secondary N) is 1. The monoisotopic (exact) mass is 317 g/mol. The summed E-state index contributed by atoms with van der Waals surface area (Å²) in [6, 6.07) is 12.1. The van der Waals surface area contributed by atoms with Crippen LogP contribution < -0.4 is 0 Å². The minimum absolute atomic E-state index is 0.0838. The summed E-state index contributed by atoms with van der Waals surface area (Å²) < 4.78 is 0. The zero-order chi connectivity index (χ0) is 14.5. The summed E-state index contributed by atoms with van der Waals surface area (Å²) in [5.74, 6) is 1.72. The van der Waals surface area contributed by atoms with Crippen LogP contribution in [-0.4, -0.2) is 20.3 Å². The Morgan fingerprint density at radius 2 is 1.95 bits per heavy atom. The number of hydrogen-bond donors (Lipinski definition) is 2. The Balaban J connectivity index is 1.56. The van der Waals surface area contributed by atoms with Gasteiger partial charge in [-0.3, -0.25) is 5.10 Å². The quantitative estimate of drug-likeness (QED) is 0.685. The number of thioether (sulfide) groups is 1. The maximum absolute atomic E-state index is 9.02. The van der Waals surface area contributed by atoms with Gasteiger partial charge in [-0.05, 0) is 22.6 Å². The number of benzene rings is 1. The molecule has 0 bridgehead atoms. The molecule has 0 unspecified atom stereocenters. The number of hydrogen-bond acceptors (Lipinski definition) is 5. The van der Waals surface area contributed by atoms with Crippen LogP contribution in [0.2, 0.25) is 0 Å². The van der Waals surface area contributed by atoms with Crippen molar-refractivity contribution in [1.29, 1.82) is 0 Å². The van der Waals surface area contributed by atoms with E-state index in [1.807, 2.05) is 30.3 Å². The van der Waals surface area contributed by atoms with Crippen molar-refractivity contribution in [2.45, 2.75) is 23.9 Å². The van der Waals surface area contributed by atoms with Crippen LogP contribution in [0.1, 0.15) is 21.8 Å². The van der Waals surface area contributed by atoms with Crippen molar-refractivity contribution in [3.05, 3.63) is 63.6 Å². The van der Waals surface area contributed by atoms with E-state index in [4.69, 9.17) is 5.11 Å². The summed E-state index contributed by atoms with van der Waals surface area (Å²) >= 11 is 3.33. The summed E-state index contributed by atoms with van der Waals surface area (Å²) in [4.78, 5) is 5.78. The second-order valence-electron chi connectivity index (χ2n) is 4.58. The molecule has 3 aromatic rings. The highest BCUT2D eigenvalue weighted by Gasteiger charge is 2.06. The molecule has 2 N–H and O–H groups in total. The van der Waals surface area contributed by atoms with Gasteiger partial charge in [-0.2, -0.15) is 0 Å². The van der Waals surface area contributed by atoms with Crippen molar-refractivity contribution >= 4 is 23.1 Å². The fraction of sp³-hybridized carbons (Fsp3) is 0.200. The Morgan fingerprint density at radius 1 is 1.14 bits per heavy atom. The number of thiophene rings is 1. The zero-order valence-electron chi connectivity index (χ0n) is 11.3. The number of aromatic amines is 1. The smallest absolute Gasteiger partial charge is 0.208 e. The maximum Gasteiger partial charge on any atom is 0.208 e. The maximum atomic E-state index is 9.02. The molecule has 0 spiro atoms. The number of rotatable bonds is 6. The van der Waals surface area contributed by atoms with Gasteiger partial charge in [0.05, 0.1) is 6.61 Å². The molecular formula is C15H15N3OS2. The average molecular weight is 317 g/mol. The van der Waals surface area contributed by atoms with Crippen molar-refractivity contribution in [3.63, 3.8) is 0 Å². The van der Waals surface area contributed by atoms with Gasteiger partial charge in [0, 0.05) is 17.1 Å². The van der Waals surface area contributed by atoms with Crippen LogP contribution in [0, 0.1) is 0 Å². The van der Waals surface area contributed by atoms with E-state index >= 15 is 0 Å². The van der Waals surface area contributed by atoms with Gasteiger partial charge in [0.1, 0.15) is 5.82 Å². The van der Waals surface area contributed by atoms with Gasteiger partial charge in [-0.1, -0.05) is 42.1 Å². The molecule has 0 aliphatic carbocycles. The molecule has 0 fully saturated rings. The standard InChI is InChI=1S/C15H15N3OS2/c19-9-11-3-5-12(6-4-11)10-21-15-16-14(17-18-15)8-13-2-1-7-20-13/h1-7,19H,8-10H2,(H,16,17,18). The van der Waals surface area contributed by atoms with E-state index in [-0.39, 0.29) is 6.61 Å². The molecule has 0 aliphatic heterocycles. The van der Waals surface area contributed by atoms with Crippen molar-refractivity contribution in [1.82, 2.24) is 15.2 Å². The molecule has 0 radical (unpaired) electrons. The second-order valence-corrected chi connectivity index (χ2v) is 6.56. The van der Waals surface area contributed by atoms with Crippen molar-refractivity contribution in [2.75, 3.05) is 0 Å². The van der Waals surface area contributed by atoms with Crippen LogP contribution in [-0.2, 0) is 18.8 Å². The van der Waals surface area contributed by atoms with E-state index in [1.54, 1.807) is 23.1 Å². The second kappa shape index (κ2) is 6.89. The Labute approximate surface area is 131 Å². The van der Waals surface area contributed by atoms with Crippen LogP contribution in [0.3, 0.4) is 0 Å². The molecule has 108 valence electrons. The molecule has 6 heteroatoms. The normalized spacial score (nSPS) is 10.9. The van der Waals surface area contributed by atoms with Gasteiger partial charge in [0.15, 0.2) is 0 Å². The molecule has 21 heavy (non-hydrogen) atoms. The SMILES string of the molecule is OCc1ccc(CSc2n[nH]c(Cc3cccs3)n2)cc1. The topological polar surface area (TPSA) is 61.8 Å². The third kappa shape index (κ3) is 3.93. The Kier molecular flexibility index (Phi) is 4.69. The zero-order valence-corrected chi connectivity index (χ0v) is 13.0. The fourth-order valence-electron chi connectivity index (χ4n) is 1.89. The minimum Gasteiger partial charge on any atom is -0.392 e. The Morgan fingerprint density at radius 3 is 2.67 bits per heavy atom. The third-order valence-electron chi connectivity index (χ3n) is 3.01. The van der Waals surface area contributed by atoms with Crippen molar-refractivity contribution in [3.8, 4) is 0 Å². The molecule has 0 atom stereocenters. The van der Waals surface area contributed by atoms with E-state index in [9.17, 15) is 0 Å².